The molecule has 70 valence electrons. The molecule has 0 saturated carbocycles. The van der Waals surface area contributed by atoms with Crippen molar-refractivity contribution >= 4 is 5.91 Å². The van der Waals surface area contributed by atoms with Gasteiger partial charge in [0, 0.05) is 0 Å². The number of hydrogen-bond donors (Lipinski definition) is 2. The molecule has 0 heterocycles. The van der Waals surface area contributed by atoms with E-state index in [1.54, 1.807) is 0 Å². The van der Waals surface area contributed by atoms with Gasteiger partial charge in [0.05, 0.1) is 0 Å². The number of primary amides is 1. The second-order valence-corrected chi connectivity index (χ2v) is 2.55. The predicted octanol–water partition coefficient (Wildman–Crippen LogP) is 0.450. The summed E-state index contributed by atoms with van der Waals surface area (Å²) in [4.78, 5) is 10.6. The second kappa shape index (κ2) is 3.49. The Balaban J connectivity index is 3.03. The van der Waals surface area contributed by atoms with E-state index in [4.69, 9.17) is 11.5 Å². The van der Waals surface area contributed by atoms with Crippen molar-refractivity contribution in [1.82, 2.24) is 0 Å². The van der Waals surface area contributed by atoms with Gasteiger partial charge in [-0.15, -0.1) is 0 Å². The first-order chi connectivity index (χ1) is 6.02. The fourth-order valence-corrected chi connectivity index (χ4v) is 0.870. The van der Waals surface area contributed by atoms with Crippen LogP contribution >= 0.6 is 0 Å². The summed E-state index contributed by atoms with van der Waals surface area (Å²) in [5.41, 5.74) is 10.3. The van der Waals surface area contributed by atoms with Gasteiger partial charge in [-0.05, 0) is 17.7 Å². The third-order valence-corrected chi connectivity index (χ3v) is 1.61. The smallest absolute Gasteiger partial charge is 0.238 e. The molecule has 0 bridgehead atoms. The van der Waals surface area contributed by atoms with E-state index < -0.39 is 23.6 Å². The zero-order chi connectivity index (χ0) is 10.0. The molecule has 0 saturated heterocycles. The maximum atomic E-state index is 12.6. The molecule has 0 aliphatic rings. The number of hydrogen-bond acceptors (Lipinski definition) is 2. The first kappa shape index (κ1) is 9.60. The molecule has 1 amide bonds. The topological polar surface area (TPSA) is 69.1 Å². The molecule has 3 nitrogen and oxygen atoms in total. The summed E-state index contributed by atoms with van der Waals surface area (Å²) >= 11 is 0. The van der Waals surface area contributed by atoms with E-state index in [2.05, 4.69) is 0 Å². The number of amides is 1. The average Bonchev–Trinajstić information content (AvgIpc) is 2.08. The Morgan fingerprint density at radius 2 is 1.92 bits per heavy atom. The molecule has 13 heavy (non-hydrogen) atoms. The second-order valence-electron chi connectivity index (χ2n) is 2.55. The lowest BCUT2D eigenvalue weighted by atomic mass is 10.1. The van der Waals surface area contributed by atoms with Gasteiger partial charge in [-0.3, -0.25) is 4.79 Å². The number of carbonyl (C=O) groups is 1. The van der Waals surface area contributed by atoms with Crippen LogP contribution in [0.15, 0.2) is 18.2 Å². The van der Waals surface area contributed by atoms with Crippen LogP contribution in [0, 0.1) is 11.6 Å². The summed E-state index contributed by atoms with van der Waals surface area (Å²) in [7, 11) is 0. The van der Waals surface area contributed by atoms with Gasteiger partial charge in [0.2, 0.25) is 5.91 Å². The molecule has 0 aromatic heterocycles. The molecule has 0 fully saturated rings. The van der Waals surface area contributed by atoms with Gasteiger partial charge in [0.25, 0.3) is 0 Å². The molecule has 4 N–H and O–H groups in total. The minimum atomic E-state index is -1.10. The Morgan fingerprint density at radius 3 is 2.38 bits per heavy atom. The van der Waals surface area contributed by atoms with Gasteiger partial charge >= 0.3 is 0 Å². The van der Waals surface area contributed by atoms with E-state index in [1.807, 2.05) is 0 Å². The van der Waals surface area contributed by atoms with Crippen molar-refractivity contribution < 1.29 is 13.6 Å². The number of rotatable bonds is 2. The van der Waals surface area contributed by atoms with Crippen LogP contribution in [0.1, 0.15) is 11.6 Å². The normalized spacial score (nSPS) is 12.5. The van der Waals surface area contributed by atoms with Crippen LogP contribution in [0.3, 0.4) is 0 Å². The van der Waals surface area contributed by atoms with Crippen molar-refractivity contribution in [2.45, 2.75) is 6.04 Å². The van der Waals surface area contributed by atoms with Gasteiger partial charge in [0.1, 0.15) is 6.04 Å². The standard InChI is InChI=1S/C8H8F2N2O/c9-5-2-1-4(3-6(5)10)7(11)8(12)13/h1-3,7H,11H2,(H2,12,13). The lowest BCUT2D eigenvalue weighted by Crippen LogP contribution is -2.28. The third kappa shape index (κ3) is 2.00. The number of halogens is 2. The van der Waals surface area contributed by atoms with Crippen LogP contribution in [-0.4, -0.2) is 5.91 Å². The number of nitrogens with two attached hydrogens (primary N) is 2. The highest BCUT2D eigenvalue weighted by Crippen LogP contribution is 2.13. The summed E-state index contributed by atoms with van der Waals surface area (Å²) in [6.07, 6.45) is 0. The molecule has 1 aromatic rings. The number of carbonyl (C=O) groups excluding carboxylic acids is 1. The molecule has 0 aliphatic carbocycles. The van der Waals surface area contributed by atoms with Crippen LogP contribution in [0.25, 0.3) is 0 Å². The predicted molar refractivity (Wildman–Crippen MR) is 42.5 cm³/mol. The highest BCUT2D eigenvalue weighted by Gasteiger charge is 2.13. The van der Waals surface area contributed by atoms with Crippen molar-refractivity contribution in [3.63, 3.8) is 0 Å². The van der Waals surface area contributed by atoms with Crippen molar-refractivity contribution in [2.75, 3.05) is 0 Å². The van der Waals surface area contributed by atoms with Crippen LogP contribution in [-0.2, 0) is 4.79 Å². The molecule has 0 aliphatic heterocycles. The van der Waals surface area contributed by atoms with Gasteiger partial charge < -0.3 is 11.5 Å². The van der Waals surface area contributed by atoms with E-state index in [1.165, 1.54) is 6.07 Å². The summed E-state index contributed by atoms with van der Waals surface area (Å²) in [5, 5.41) is 0. The highest BCUT2D eigenvalue weighted by atomic mass is 19.2. The monoisotopic (exact) mass is 186 g/mol. The van der Waals surface area contributed by atoms with Crippen molar-refractivity contribution in [3.8, 4) is 0 Å². The zero-order valence-corrected chi connectivity index (χ0v) is 6.63. The molecule has 1 aromatic carbocycles. The minimum absolute atomic E-state index is 0.159. The van der Waals surface area contributed by atoms with Crippen molar-refractivity contribution in [2.24, 2.45) is 11.5 Å². The Bertz CT molecular complexity index is 341. The molecule has 1 rings (SSSR count). The summed E-state index contributed by atoms with van der Waals surface area (Å²) < 4.78 is 25.1. The molecular formula is C8H8F2N2O. The Kier molecular flexibility index (Phi) is 2.57. The number of benzene rings is 1. The first-order valence-corrected chi connectivity index (χ1v) is 3.52. The van der Waals surface area contributed by atoms with Crippen LogP contribution in [0.5, 0.6) is 0 Å². The maximum absolute atomic E-state index is 12.6. The molecule has 5 heteroatoms. The van der Waals surface area contributed by atoms with E-state index in [0.717, 1.165) is 12.1 Å². The van der Waals surface area contributed by atoms with Gasteiger partial charge in [-0.2, -0.15) is 0 Å². The quantitative estimate of drug-likeness (QED) is 0.704. The van der Waals surface area contributed by atoms with Crippen molar-refractivity contribution in [3.05, 3.63) is 35.4 Å². The van der Waals surface area contributed by atoms with E-state index in [9.17, 15) is 13.6 Å². The minimum Gasteiger partial charge on any atom is -0.368 e. The van der Waals surface area contributed by atoms with Crippen molar-refractivity contribution in [1.29, 1.82) is 0 Å². The molecule has 1 atom stereocenters. The van der Waals surface area contributed by atoms with E-state index in [0.29, 0.717) is 0 Å². The SMILES string of the molecule is NC(=O)C(N)c1ccc(F)c(F)c1. The average molecular weight is 186 g/mol. The van der Waals surface area contributed by atoms with Gasteiger partial charge in [-0.25, -0.2) is 8.78 Å². The Labute approximate surface area is 73.3 Å². The maximum Gasteiger partial charge on any atom is 0.238 e. The third-order valence-electron chi connectivity index (χ3n) is 1.61. The fraction of sp³-hybridized carbons (Fsp3) is 0.125. The molecule has 0 spiro atoms. The first-order valence-electron chi connectivity index (χ1n) is 3.52. The molecule has 1 unspecified atom stereocenters. The van der Waals surface area contributed by atoms with Crippen LogP contribution in [0.4, 0.5) is 8.78 Å². The molecule has 0 radical (unpaired) electrons. The fourth-order valence-electron chi connectivity index (χ4n) is 0.870. The largest absolute Gasteiger partial charge is 0.368 e. The summed E-state index contributed by atoms with van der Waals surface area (Å²) in [6.45, 7) is 0. The lowest BCUT2D eigenvalue weighted by Gasteiger charge is -2.07. The lowest BCUT2D eigenvalue weighted by molar-refractivity contribution is -0.119. The highest BCUT2D eigenvalue weighted by molar-refractivity contribution is 5.81. The van der Waals surface area contributed by atoms with Crippen LogP contribution in [0.2, 0.25) is 0 Å². The summed E-state index contributed by atoms with van der Waals surface area (Å²) in [6, 6.07) is 1.86. The van der Waals surface area contributed by atoms with E-state index >= 15 is 0 Å². The van der Waals surface area contributed by atoms with Gasteiger partial charge in [-0.1, -0.05) is 6.07 Å². The van der Waals surface area contributed by atoms with E-state index in [-0.39, 0.29) is 5.56 Å². The summed E-state index contributed by atoms with van der Waals surface area (Å²) in [5.74, 6) is -2.82. The van der Waals surface area contributed by atoms with Crippen LogP contribution < -0.4 is 11.5 Å². The Hall–Kier alpha value is -1.49. The van der Waals surface area contributed by atoms with Gasteiger partial charge in [0.15, 0.2) is 11.6 Å². The Morgan fingerprint density at radius 1 is 1.31 bits per heavy atom. The molecular weight excluding hydrogens is 178 g/mol. The zero-order valence-electron chi connectivity index (χ0n) is 6.63.